The van der Waals surface area contributed by atoms with Crippen LogP contribution < -0.4 is 44.4 Å². The number of aromatic nitrogens is 3. The summed E-state index contributed by atoms with van der Waals surface area (Å²) in [6.07, 6.45) is 0. The minimum Gasteiger partial charge on any atom is -0.496 e. The maximum absolute atomic E-state index is 16.3. The Morgan fingerprint density at radius 2 is 0.583 bits per heavy atom. The topological polar surface area (TPSA) is 190 Å². The number of methoxy groups -OCH3 is 6. The number of carbonyl (C=O) groups is 3. The Hall–Kier alpha value is -7.98. The maximum atomic E-state index is 16.3. The van der Waals surface area contributed by atoms with Gasteiger partial charge in [0.25, 0.3) is 0 Å². The average Bonchev–Trinajstić information content (AvgIpc) is 1.99. The van der Waals surface area contributed by atoms with Crippen molar-refractivity contribution < 1.29 is 42.8 Å². The van der Waals surface area contributed by atoms with E-state index in [0.717, 1.165) is 0 Å². The number of amides is 3. The lowest BCUT2D eigenvalue weighted by molar-refractivity contribution is -0.124. The molecule has 9 aromatic rings. The van der Waals surface area contributed by atoms with Crippen molar-refractivity contribution in [1.82, 2.24) is 30.9 Å². The lowest BCUT2D eigenvalue weighted by atomic mass is 9.83. The van der Waals surface area contributed by atoms with Gasteiger partial charge in [-0.1, -0.05) is 71.2 Å². The Morgan fingerprint density at radius 3 is 0.774 bits per heavy atom. The molecule has 3 aromatic heterocycles. The quantitative estimate of drug-likeness (QED) is 0.0691. The van der Waals surface area contributed by atoms with Crippen LogP contribution in [0, 0.1) is 0 Å². The third-order valence-electron chi connectivity index (χ3n) is 14.9. The van der Waals surface area contributed by atoms with E-state index in [1.165, 1.54) is 21.3 Å². The van der Waals surface area contributed by atoms with Crippen LogP contribution in [0.25, 0.3) is 66.1 Å². The van der Waals surface area contributed by atoms with Gasteiger partial charge in [0.2, 0.25) is 17.7 Å². The second-order valence-electron chi connectivity index (χ2n) is 24.1. The van der Waals surface area contributed by atoms with E-state index in [9.17, 15) is 0 Å². The van der Waals surface area contributed by atoms with Gasteiger partial charge in [-0.2, -0.15) is 0 Å². The molecule has 6 bridgehead atoms. The number of halogens is 3. The van der Waals surface area contributed by atoms with Crippen molar-refractivity contribution in [3.8, 4) is 67.9 Å². The van der Waals surface area contributed by atoms with Crippen molar-refractivity contribution in [3.05, 3.63) is 140 Å². The fraction of sp³-hybridized carbons (Fsp3) is 0.318. The average molecular weight is 1200 g/mol. The summed E-state index contributed by atoms with van der Waals surface area (Å²) in [5.74, 6) is -3.35. The van der Waals surface area contributed by atoms with Crippen molar-refractivity contribution in [3.63, 3.8) is 0 Å². The number of hydrogen-bond acceptors (Lipinski definition) is 9. The van der Waals surface area contributed by atoms with Crippen LogP contribution in [-0.4, -0.2) is 91.9 Å². The fourth-order valence-electron chi connectivity index (χ4n) is 11.9. The highest BCUT2D eigenvalue weighted by Gasteiger charge is 2.44. The summed E-state index contributed by atoms with van der Waals surface area (Å²) in [6.45, 7) is 17.2. The van der Waals surface area contributed by atoms with Crippen molar-refractivity contribution in [1.29, 1.82) is 0 Å². The molecule has 0 saturated heterocycles. The van der Waals surface area contributed by atoms with E-state index in [4.69, 9.17) is 63.2 Å². The molecule has 3 atom stereocenters. The van der Waals surface area contributed by atoms with Gasteiger partial charge in [0.05, 0.1) is 75.4 Å². The first-order valence-electron chi connectivity index (χ1n) is 27.4. The lowest BCUT2D eigenvalue weighted by Gasteiger charge is -2.27. The molecular weight excluding hydrogens is 1130 g/mol. The van der Waals surface area contributed by atoms with Crippen LogP contribution in [0.3, 0.4) is 0 Å². The Balaban J connectivity index is 1.59. The monoisotopic (exact) mass is 1190 g/mol. The minimum atomic E-state index is -1.31. The molecular formula is C66H69Cl3N6O9. The molecule has 3 unspecified atom stereocenters. The molecule has 6 N–H and O–H groups in total. The fourth-order valence-corrected chi connectivity index (χ4v) is 12.3. The smallest absolute Gasteiger partial charge is 0.234 e. The number of benzene rings is 6. The van der Waals surface area contributed by atoms with Gasteiger partial charge >= 0.3 is 0 Å². The summed E-state index contributed by atoms with van der Waals surface area (Å²) in [6, 6.07) is 27.2. The Bertz CT molecular complexity index is 3650. The van der Waals surface area contributed by atoms with E-state index < -0.39 is 52.1 Å². The molecule has 1 aliphatic heterocycles. The van der Waals surface area contributed by atoms with Crippen LogP contribution in [0.1, 0.15) is 114 Å². The van der Waals surface area contributed by atoms with E-state index in [0.29, 0.717) is 132 Å². The molecule has 6 aromatic carbocycles. The number of aromatic amines is 3. The van der Waals surface area contributed by atoms with E-state index in [2.05, 4.69) is 30.9 Å². The zero-order valence-electron chi connectivity index (χ0n) is 49.7. The first-order chi connectivity index (χ1) is 39.7. The van der Waals surface area contributed by atoms with Crippen LogP contribution in [0.2, 0.25) is 15.1 Å². The molecule has 15 nitrogen and oxygen atoms in total. The molecule has 18 heteroatoms. The van der Waals surface area contributed by atoms with Crippen molar-refractivity contribution in [2.45, 2.75) is 96.7 Å². The van der Waals surface area contributed by atoms with E-state index in [1.807, 2.05) is 98.7 Å². The second kappa shape index (κ2) is 22.2. The molecule has 10 rings (SSSR count). The molecule has 0 aliphatic carbocycles. The van der Waals surface area contributed by atoms with Crippen LogP contribution in [0.4, 0.5) is 0 Å². The normalized spacial score (nSPS) is 15.3. The predicted octanol–water partition coefficient (Wildman–Crippen LogP) is 14.6. The molecule has 0 saturated carbocycles. The zero-order valence-corrected chi connectivity index (χ0v) is 52.0. The van der Waals surface area contributed by atoms with Crippen molar-refractivity contribution in [2.24, 2.45) is 0 Å². The summed E-state index contributed by atoms with van der Waals surface area (Å²) in [5, 5.41) is 13.0. The van der Waals surface area contributed by atoms with Crippen LogP contribution in [0.5, 0.6) is 34.5 Å². The lowest BCUT2D eigenvalue weighted by Crippen LogP contribution is -2.43. The molecule has 4 heterocycles. The standard InChI is InChI=1S/C66H69Cl3N6O9/c1-64(2,3)73-61(76)52-49-40(82-13)28-37(79-10)47-44(32-18-24-35(68)25-19-32)56(71-58(47)49)54(63(78)75-66(7,8)9)51-42(84-15)30-39(81-12)48-45(33-20-26-36(69)27-21-33)57(72-60(48)51)53(62(77)74-65(4,5)6)50-41(83-14)29-38(80-11)46-43(55(52)70-59(46)50)31-16-22-34(67)23-17-31/h16-30,52-54,70-72H,1-15H3,(H,73,76)(H,74,77)(H,75,78). The summed E-state index contributed by atoms with van der Waals surface area (Å²) < 4.78 is 38.7. The Labute approximate surface area is 503 Å². The van der Waals surface area contributed by atoms with Gasteiger partial charge in [-0.3, -0.25) is 14.4 Å². The molecule has 0 radical (unpaired) electrons. The SMILES string of the molecule is COc1cc(OC)c2c(-c3ccc(Cl)cc3)c3[nH]c2c1C(C(=O)NC(C)(C)C)c1[nH]c2c(c(OC)cc(OC)c2c1-c1ccc(Cl)cc1)C(C(=O)NC(C)(C)C)c1[nH]c2c(c(OC)cc(OC)c2c1-c1ccc(Cl)cc1)C3C(=O)NC(C)(C)C. The molecule has 3 amide bonds. The molecule has 0 fully saturated rings. The van der Waals surface area contributed by atoms with Crippen LogP contribution >= 0.6 is 34.8 Å². The largest absolute Gasteiger partial charge is 0.496 e. The molecule has 84 heavy (non-hydrogen) atoms. The number of hydrogen-bond donors (Lipinski definition) is 6. The highest BCUT2D eigenvalue weighted by Crippen LogP contribution is 2.57. The number of carbonyl (C=O) groups excluding carboxylic acids is 3. The zero-order chi connectivity index (χ0) is 60.6. The van der Waals surface area contributed by atoms with Crippen molar-refractivity contribution >= 4 is 85.2 Å². The Morgan fingerprint density at radius 1 is 0.369 bits per heavy atom. The summed E-state index contributed by atoms with van der Waals surface area (Å²) >= 11 is 20.1. The number of rotatable bonds is 12. The first kappa shape index (κ1) is 59.2. The Kier molecular flexibility index (Phi) is 15.7. The van der Waals surface area contributed by atoms with Crippen molar-refractivity contribution in [2.75, 3.05) is 42.7 Å². The minimum absolute atomic E-state index is 0.266. The first-order valence-corrected chi connectivity index (χ1v) is 28.5. The number of ether oxygens (including phenoxy) is 6. The van der Waals surface area contributed by atoms with E-state index in [-0.39, 0.29) is 17.2 Å². The van der Waals surface area contributed by atoms with Gasteiger partial charge in [-0.25, -0.2) is 0 Å². The maximum Gasteiger partial charge on any atom is 0.234 e. The number of H-pyrrole nitrogens is 3. The predicted molar refractivity (Wildman–Crippen MR) is 335 cm³/mol. The summed E-state index contributed by atoms with van der Waals surface area (Å²) in [4.78, 5) is 60.5. The highest BCUT2D eigenvalue weighted by molar-refractivity contribution is 6.31. The molecule has 1 aliphatic rings. The molecule has 0 spiro atoms. The third kappa shape index (κ3) is 10.6. The molecule has 438 valence electrons. The second-order valence-corrected chi connectivity index (χ2v) is 25.4. The van der Waals surface area contributed by atoms with Crippen LogP contribution in [-0.2, 0) is 14.4 Å². The number of nitrogens with one attached hydrogen (secondary N) is 6. The van der Waals surface area contributed by atoms with Gasteiger partial charge in [0.15, 0.2) is 0 Å². The van der Waals surface area contributed by atoms with Crippen LogP contribution in [0.15, 0.2) is 91.0 Å². The third-order valence-corrected chi connectivity index (χ3v) is 15.7. The van der Waals surface area contributed by atoms with Gasteiger partial charge in [-0.15, -0.1) is 0 Å². The highest BCUT2D eigenvalue weighted by atomic mass is 35.5. The summed E-state index contributed by atoms with van der Waals surface area (Å²) in [7, 11) is 9.28. The summed E-state index contributed by atoms with van der Waals surface area (Å²) in [5.41, 5.74) is 4.60. The van der Waals surface area contributed by atoms with E-state index >= 15 is 14.4 Å². The van der Waals surface area contributed by atoms with Gasteiger partial charge < -0.3 is 59.3 Å². The number of fused-ring (bicyclic) bond motifs is 3. The van der Waals surface area contributed by atoms with Gasteiger partial charge in [0, 0.05) is 100 Å². The van der Waals surface area contributed by atoms with E-state index in [1.54, 1.807) is 75.9 Å². The van der Waals surface area contributed by atoms with Gasteiger partial charge in [-0.05, 0) is 115 Å². The van der Waals surface area contributed by atoms with Gasteiger partial charge in [0.1, 0.15) is 52.3 Å².